The molecule has 1 saturated heterocycles. The van der Waals surface area contributed by atoms with E-state index in [-0.39, 0.29) is 99.3 Å². The molecule has 3 rings (SSSR count). The Morgan fingerprint density at radius 3 is 1.68 bits per heavy atom. The molecule has 0 unspecified atom stereocenters. The molecule has 0 bridgehead atoms. The zero-order valence-corrected chi connectivity index (χ0v) is 61.1. The molecule has 0 saturated carbocycles. The Bertz CT molecular complexity index is 3290. The Balaban J connectivity index is 1.71. The summed E-state index contributed by atoms with van der Waals surface area (Å²) in [6.07, 6.45) is 2.12. The summed E-state index contributed by atoms with van der Waals surface area (Å²) in [7, 11) is 0. The number of aliphatic imine (C=N–C) groups is 1. The van der Waals surface area contributed by atoms with E-state index in [0.717, 1.165) is 0 Å². The van der Waals surface area contributed by atoms with Crippen molar-refractivity contribution in [1.29, 1.82) is 0 Å². The molecule has 2 heterocycles. The van der Waals surface area contributed by atoms with E-state index in [1.54, 1.807) is 22.6 Å². The number of likely N-dealkylation sites (tertiary alicyclic amines) is 1. The zero-order chi connectivity index (χ0) is 76.3. The van der Waals surface area contributed by atoms with Crippen LogP contribution in [0.4, 0.5) is 0 Å². The minimum absolute atomic E-state index is 0.0198. The average molecular weight is 1620 g/mol. The quantitative estimate of drug-likeness (QED) is 0.00962. The lowest BCUT2D eigenvalue weighted by Crippen LogP contribution is -2.61. The number of hydrogen-bond donors (Lipinski definition) is 25. The topological polar surface area (TPSA) is 635 Å². The number of amides is 14. The van der Waals surface area contributed by atoms with E-state index in [9.17, 15) is 87.2 Å². The number of nitrogens with zero attached hydrogens (tertiary/aromatic N) is 3. The number of thiol groups is 4. The monoisotopic (exact) mass is 1620 g/mol. The van der Waals surface area contributed by atoms with E-state index in [1.165, 1.54) is 42.5 Å². The van der Waals surface area contributed by atoms with Gasteiger partial charge in [-0.15, -0.1) is 0 Å². The van der Waals surface area contributed by atoms with Crippen molar-refractivity contribution in [2.75, 3.05) is 62.3 Å². The van der Waals surface area contributed by atoms with Crippen LogP contribution in [0.3, 0.4) is 0 Å². The first-order valence-corrected chi connectivity index (χ1v) is 35.3. The maximum atomic E-state index is 14.5. The molecular formula is C58H90IN21O18S4. The number of carboxylic acid groups (broad SMARTS) is 1. The second kappa shape index (κ2) is 45.5. The van der Waals surface area contributed by atoms with E-state index >= 15 is 0 Å². The second-order valence-electron chi connectivity index (χ2n) is 23.0. The lowest BCUT2D eigenvalue weighted by molar-refractivity contribution is -0.142. The number of carbonyl (C=O) groups excluding carboxylic acids is 14. The number of hydrogen-bond acceptors (Lipinski definition) is 25. The number of aliphatic hydroxyl groups is 1. The van der Waals surface area contributed by atoms with Gasteiger partial charge < -0.3 is 118 Å². The molecule has 26 N–H and O–H groups in total. The first kappa shape index (κ1) is 87.8. The lowest BCUT2D eigenvalue weighted by atomic mass is 10.0. The maximum Gasteiger partial charge on any atom is 0.305 e. The van der Waals surface area contributed by atoms with Crippen molar-refractivity contribution in [1.82, 2.24) is 78.7 Å². The molecule has 44 heteroatoms. The number of aromatic nitrogens is 2. The Morgan fingerprint density at radius 2 is 1.14 bits per heavy atom. The van der Waals surface area contributed by atoms with Gasteiger partial charge >= 0.3 is 5.97 Å². The highest BCUT2D eigenvalue weighted by Crippen LogP contribution is 2.22. The number of phenolic OH excluding ortho intramolecular Hbond substituents is 1. The van der Waals surface area contributed by atoms with Crippen LogP contribution < -0.4 is 92.5 Å². The van der Waals surface area contributed by atoms with Gasteiger partial charge in [0.2, 0.25) is 82.7 Å². The number of carbonyl (C=O) groups is 15. The molecule has 39 nitrogen and oxygen atoms in total. The van der Waals surface area contributed by atoms with E-state index in [0.29, 0.717) is 27.7 Å². The number of aromatic amines is 1. The Morgan fingerprint density at radius 1 is 0.627 bits per heavy atom. The maximum absolute atomic E-state index is 14.5. The number of nitrogens with one attached hydrogen (secondary N) is 13. The molecule has 102 heavy (non-hydrogen) atoms. The minimum Gasteiger partial charge on any atom is -0.507 e. The molecule has 566 valence electrons. The van der Waals surface area contributed by atoms with Crippen molar-refractivity contribution in [3.63, 3.8) is 0 Å². The first-order chi connectivity index (χ1) is 48.3. The predicted molar refractivity (Wildman–Crippen MR) is 387 cm³/mol. The van der Waals surface area contributed by atoms with Crippen molar-refractivity contribution < 1.29 is 87.2 Å². The lowest BCUT2D eigenvalue weighted by Gasteiger charge is -2.30. The number of nitrogens with two attached hydrogens (primary N) is 5. The largest absolute Gasteiger partial charge is 0.507 e. The van der Waals surface area contributed by atoms with Crippen molar-refractivity contribution in [3.05, 3.63) is 45.6 Å². The molecular weight excluding hydrogens is 1530 g/mol. The number of primary amides is 1. The number of aliphatic carboxylic acids is 1. The van der Waals surface area contributed by atoms with E-state index in [4.69, 9.17) is 28.7 Å². The molecule has 0 radical (unpaired) electrons. The fourth-order valence-electron chi connectivity index (χ4n) is 9.71. The summed E-state index contributed by atoms with van der Waals surface area (Å²) in [5.41, 5.74) is 27.9. The van der Waals surface area contributed by atoms with Crippen LogP contribution in [-0.2, 0) is 84.8 Å². The molecule has 1 aliphatic rings. The number of H-pyrrole nitrogens is 1. The van der Waals surface area contributed by atoms with Gasteiger partial charge in [-0.05, 0) is 98.7 Å². The average Bonchev–Trinajstić information content (AvgIpc) is 1.67. The van der Waals surface area contributed by atoms with Crippen LogP contribution in [0.15, 0.2) is 35.7 Å². The third-order valence-corrected chi connectivity index (χ3v) is 17.5. The van der Waals surface area contributed by atoms with Gasteiger partial charge in [-0.25, -0.2) is 4.98 Å². The van der Waals surface area contributed by atoms with Crippen molar-refractivity contribution in [3.8, 4) is 5.75 Å². The molecule has 1 aromatic heterocycles. The number of unbranched alkanes of at least 4 members (excludes halogenated alkanes) is 1. The molecule has 1 aliphatic heterocycles. The Hall–Kier alpha value is -8.44. The predicted octanol–water partition coefficient (Wildman–Crippen LogP) is -9.22. The van der Waals surface area contributed by atoms with Crippen LogP contribution >= 0.6 is 73.1 Å². The Kier molecular flexibility index (Phi) is 39.2. The summed E-state index contributed by atoms with van der Waals surface area (Å²) in [6, 6.07) is -13.5. The normalized spacial score (nSPS) is 15.7. The third kappa shape index (κ3) is 29.9. The van der Waals surface area contributed by atoms with Gasteiger partial charge in [0.25, 0.3) is 0 Å². The fourth-order valence-corrected chi connectivity index (χ4v) is 11.3. The first-order valence-electron chi connectivity index (χ1n) is 31.7. The number of imidazole rings is 1. The van der Waals surface area contributed by atoms with Crippen LogP contribution in [0, 0.1) is 3.57 Å². The SMILES string of the molecule is C[C@H](NC(=O)[C@@H]1CCCN1C(=O)[C@H](Cc1cnc[nH]1)NC(=O)[C@H](CS)NC(=O)[C@H](CS)NC(=O)[C@H](CCCN=C(N)N)NC(=O)CN)C(=O)N[C@@H](CS)C(=O)NCC(=O)N[C@@H](CCCCN)C(=O)N[C@@H](CC(=O)O)C(=O)N[C@@H](Cc1ccc(O)c(I)c1)C(=O)N[C@@H](CO)C(=O)N[C@@H](CS)C(N)=O. The van der Waals surface area contributed by atoms with Crippen LogP contribution in [0.5, 0.6) is 5.75 Å². The minimum atomic E-state index is -1.95. The number of rotatable bonds is 45. The number of phenols is 1. The van der Waals surface area contributed by atoms with Gasteiger partial charge in [-0.2, -0.15) is 50.5 Å². The molecule has 12 atom stereocenters. The van der Waals surface area contributed by atoms with Gasteiger partial charge in [-0.1, -0.05) is 6.07 Å². The van der Waals surface area contributed by atoms with Crippen molar-refractivity contribution in [2.45, 2.75) is 144 Å². The van der Waals surface area contributed by atoms with Crippen LogP contribution in [-0.4, -0.2) is 260 Å². The van der Waals surface area contributed by atoms with Crippen LogP contribution in [0.2, 0.25) is 0 Å². The summed E-state index contributed by atoms with van der Waals surface area (Å²) in [5, 5.41) is 58.9. The number of halogens is 1. The molecule has 1 fully saturated rings. The highest BCUT2D eigenvalue weighted by molar-refractivity contribution is 14.1. The summed E-state index contributed by atoms with van der Waals surface area (Å²) in [4.78, 5) is 213. The molecule has 0 spiro atoms. The van der Waals surface area contributed by atoms with E-state index < -0.39 is 187 Å². The number of carboxylic acids is 1. The highest BCUT2D eigenvalue weighted by Gasteiger charge is 2.41. The van der Waals surface area contributed by atoms with Crippen LogP contribution in [0.25, 0.3) is 0 Å². The van der Waals surface area contributed by atoms with Gasteiger partial charge in [0, 0.05) is 60.8 Å². The van der Waals surface area contributed by atoms with Gasteiger partial charge in [0.15, 0.2) is 5.96 Å². The zero-order valence-electron chi connectivity index (χ0n) is 55.3. The summed E-state index contributed by atoms with van der Waals surface area (Å²) in [6.45, 7) is -0.739. The summed E-state index contributed by atoms with van der Waals surface area (Å²) in [5.74, 6) is -16.3. The summed E-state index contributed by atoms with van der Waals surface area (Å²) < 4.78 is 0.320. The van der Waals surface area contributed by atoms with Gasteiger partial charge in [0.05, 0.1) is 36.0 Å². The van der Waals surface area contributed by atoms with Crippen molar-refractivity contribution >= 4 is 168 Å². The van der Waals surface area contributed by atoms with Gasteiger partial charge in [0.1, 0.15) is 78.3 Å². The second-order valence-corrected chi connectivity index (χ2v) is 25.6. The van der Waals surface area contributed by atoms with E-state index in [2.05, 4.69) is 129 Å². The molecule has 0 aliphatic carbocycles. The van der Waals surface area contributed by atoms with Crippen molar-refractivity contribution in [2.24, 2.45) is 33.7 Å². The highest BCUT2D eigenvalue weighted by atomic mass is 127. The summed E-state index contributed by atoms with van der Waals surface area (Å²) >= 11 is 18.4. The standard InChI is InChI=1S/C58H90IN21O18S4/c1-27(69-56(97)41-8-5-13-80(41)57(98)35(16-29-19-65-26-68-29)74-54(95)39(24-101)79-55(96)40(25-102)78-50(91)32(70-43(83)18-61)7-4-12-66-58(63)64)47(88)77-38(23-100)48(89)67-20-44(84)71-31(6-2-3-11-60)49(90)73-34(17-45(85)86)52(93)72-33(15-28-9-10-42(82)30(59)14-28)51(92)75-36(21-81)53(94)76-37(22-99)46(62)87/h9-10,14,19,26-27,31-41,81-82,99-102H,2-8,11-13,15-18,20-25,60-61H2,1H3,(H2,62,87)(H,65,68)(H,67,89)(H,69,97)(H,70,83)(H,71,84)(H,72,93)(H,73,90)(H,74,95)(H,75,92)(H,76,94)(H,77,88)(H,78,91)(H,79,96)(H,85,86)(H4,63,64,66)/t27-,31-,32-,33-,34-,35-,36-,37-,38-,39-,40-,41-/m0/s1. The molecule has 14 amide bonds. The third-order valence-electron chi connectivity index (χ3n) is 15.2. The Labute approximate surface area is 620 Å². The van der Waals surface area contributed by atoms with Gasteiger partial charge in [-0.3, -0.25) is 76.9 Å². The number of guanidine groups is 1. The van der Waals surface area contributed by atoms with E-state index in [1.807, 2.05) is 0 Å². The molecule has 1 aromatic carbocycles. The van der Waals surface area contributed by atoms with Crippen LogP contribution in [0.1, 0.15) is 69.5 Å². The fraction of sp³-hybridized carbons (Fsp3) is 0.569. The number of aromatic hydroxyl groups is 1. The number of benzene rings is 1. The number of aliphatic hydroxyl groups excluding tert-OH is 1. The smallest absolute Gasteiger partial charge is 0.305 e. The molecule has 2 aromatic rings.